The van der Waals surface area contributed by atoms with Crippen molar-refractivity contribution >= 4 is 11.8 Å². The highest BCUT2D eigenvalue weighted by Crippen LogP contribution is 2.32. The van der Waals surface area contributed by atoms with Crippen molar-refractivity contribution in [1.29, 1.82) is 0 Å². The molecule has 1 aromatic carbocycles. The van der Waals surface area contributed by atoms with E-state index in [-0.39, 0.29) is 11.7 Å². The summed E-state index contributed by atoms with van der Waals surface area (Å²) in [6.07, 6.45) is 2.68. The Morgan fingerprint density at radius 1 is 1.30 bits per heavy atom. The Morgan fingerprint density at radius 2 is 2.10 bits per heavy atom. The molecule has 0 saturated carbocycles. The second-order valence-corrected chi connectivity index (χ2v) is 5.60. The van der Waals surface area contributed by atoms with Crippen LogP contribution in [0.15, 0.2) is 24.3 Å². The summed E-state index contributed by atoms with van der Waals surface area (Å²) >= 11 is 0. The minimum atomic E-state index is -0.289. The van der Waals surface area contributed by atoms with Gasteiger partial charge in [0.1, 0.15) is 5.60 Å². The molecule has 0 aromatic heterocycles. The van der Waals surface area contributed by atoms with Gasteiger partial charge in [0.15, 0.2) is 0 Å². The monoisotopic (exact) mass is 275 g/mol. The van der Waals surface area contributed by atoms with Crippen LogP contribution in [0.4, 0.5) is 10.5 Å². The van der Waals surface area contributed by atoms with Gasteiger partial charge in [0.2, 0.25) is 0 Å². The smallest absolute Gasteiger partial charge is 0.414 e. The van der Waals surface area contributed by atoms with E-state index in [9.17, 15) is 4.79 Å². The average molecular weight is 275 g/mol. The Balaban J connectivity index is 1.72. The number of anilines is 1. The molecular formula is C15H21N3O2. The molecule has 5 heteroatoms. The van der Waals surface area contributed by atoms with E-state index in [4.69, 9.17) is 10.5 Å². The van der Waals surface area contributed by atoms with Crippen molar-refractivity contribution in [2.24, 2.45) is 5.73 Å². The fourth-order valence-corrected chi connectivity index (χ4v) is 2.99. The first-order chi connectivity index (χ1) is 9.72. The zero-order chi connectivity index (χ0) is 14.0. The van der Waals surface area contributed by atoms with Crippen LogP contribution in [0.1, 0.15) is 24.8 Å². The number of carbonyl (C=O) groups excluding carboxylic acids is 1. The summed E-state index contributed by atoms with van der Waals surface area (Å²) in [4.78, 5) is 14.0. The number of amides is 1. The molecule has 1 aromatic rings. The number of rotatable bonds is 2. The van der Waals surface area contributed by atoms with E-state index >= 15 is 0 Å². The molecule has 1 spiro atoms. The summed E-state index contributed by atoms with van der Waals surface area (Å²) in [5.41, 5.74) is 7.24. The summed E-state index contributed by atoms with van der Waals surface area (Å²) in [6.45, 7) is 3.02. The van der Waals surface area contributed by atoms with Crippen molar-refractivity contribution in [3.63, 3.8) is 0 Å². The van der Waals surface area contributed by atoms with Crippen molar-refractivity contribution in [2.45, 2.75) is 31.4 Å². The maximum Gasteiger partial charge on any atom is 0.414 e. The lowest BCUT2D eigenvalue weighted by atomic mass is 9.89. The highest BCUT2D eigenvalue weighted by atomic mass is 16.6. The van der Waals surface area contributed by atoms with Crippen LogP contribution >= 0.6 is 0 Å². The Hall–Kier alpha value is -1.59. The van der Waals surface area contributed by atoms with Gasteiger partial charge in [0.05, 0.1) is 0 Å². The topological polar surface area (TPSA) is 67.6 Å². The Kier molecular flexibility index (Phi) is 3.63. The second-order valence-electron chi connectivity index (χ2n) is 5.60. The van der Waals surface area contributed by atoms with Gasteiger partial charge in [0, 0.05) is 31.7 Å². The van der Waals surface area contributed by atoms with Gasteiger partial charge in [-0.2, -0.15) is 0 Å². The number of hydrogen-bond donors (Lipinski definition) is 2. The fourth-order valence-electron chi connectivity index (χ4n) is 2.99. The van der Waals surface area contributed by atoms with Crippen LogP contribution < -0.4 is 16.0 Å². The lowest BCUT2D eigenvalue weighted by molar-refractivity contribution is -0.0211. The van der Waals surface area contributed by atoms with Crippen molar-refractivity contribution < 1.29 is 9.53 Å². The molecule has 108 valence electrons. The molecule has 0 bridgehead atoms. The number of nitrogens with one attached hydrogen (secondary N) is 1. The fraction of sp³-hybridized carbons (Fsp3) is 0.533. The van der Waals surface area contributed by atoms with Crippen molar-refractivity contribution in [3.05, 3.63) is 29.8 Å². The predicted molar refractivity (Wildman–Crippen MR) is 77.6 cm³/mol. The van der Waals surface area contributed by atoms with Gasteiger partial charge in [-0.15, -0.1) is 0 Å². The minimum Gasteiger partial charge on any atom is -0.441 e. The number of piperidine rings is 1. The standard InChI is InChI=1S/C15H21N3O2/c16-10-12-2-4-13(5-3-12)18-9-7-15(20-14(18)19)6-1-8-17-11-15/h2-5,17H,1,6-11,16H2. The van der Waals surface area contributed by atoms with Crippen LogP contribution in [-0.4, -0.2) is 31.3 Å². The van der Waals surface area contributed by atoms with Gasteiger partial charge in [-0.1, -0.05) is 12.1 Å². The molecule has 2 saturated heterocycles. The van der Waals surface area contributed by atoms with Gasteiger partial charge in [0.25, 0.3) is 0 Å². The summed E-state index contributed by atoms with van der Waals surface area (Å²) in [6, 6.07) is 7.77. The van der Waals surface area contributed by atoms with E-state index < -0.39 is 0 Å². The summed E-state index contributed by atoms with van der Waals surface area (Å²) in [5, 5.41) is 3.33. The van der Waals surface area contributed by atoms with E-state index in [0.717, 1.165) is 43.6 Å². The lowest BCUT2D eigenvalue weighted by Gasteiger charge is -2.43. The zero-order valence-electron chi connectivity index (χ0n) is 11.6. The number of carbonyl (C=O) groups is 1. The Bertz CT molecular complexity index is 480. The number of hydrogen-bond acceptors (Lipinski definition) is 4. The van der Waals surface area contributed by atoms with Crippen molar-refractivity contribution in [3.8, 4) is 0 Å². The third-order valence-electron chi connectivity index (χ3n) is 4.23. The van der Waals surface area contributed by atoms with Crippen LogP contribution in [0.3, 0.4) is 0 Å². The molecular weight excluding hydrogens is 254 g/mol. The first kappa shape index (κ1) is 13.4. The van der Waals surface area contributed by atoms with Gasteiger partial charge >= 0.3 is 6.09 Å². The van der Waals surface area contributed by atoms with Gasteiger partial charge in [-0.05, 0) is 37.1 Å². The third-order valence-corrected chi connectivity index (χ3v) is 4.23. The molecule has 20 heavy (non-hydrogen) atoms. The maximum atomic E-state index is 12.3. The molecule has 2 aliphatic rings. The van der Waals surface area contributed by atoms with E-state index in [0.29, 0.717) is 13.1 Å². The van der Waals surface area contributed by atoms with E-state index in [2.05, 4.69) is 5.32 Å². The Labute approximate surface area is 119 Å². The van der Waals surface area contributed by atoms with Crippen molar-refractivity contribution in [2.75, 3.05) is 24.5 Å². The lowest BCUT2D eigenvalue weighted by Crippen LogP contribution is -2.56. The summed E-state index contributed by atoms with van der Waals surface area (Å²) in [5.74, 6) is 0. The highest BCUT2D eigenvalue weighted by molar-refractivity contribution is 5.88. The molecule has 2 aliphatic heterocycles. The molecule has 3 N–H and O–H groups in total. The molecule has 3 rings (SSSR count). The molecule has 1 unspecified atom stereocenters. The maximum absolute atomic E-state index is 12.3. The third kappa shape index (κ3) is 2.51. The van der Waals surface area contributed by atoms with Crippen LogP contribution in [0, 0.1) is 0 Å². The van der Waals surface area contributed by atoms with Gasteiger partial charge < -0.3 is 15.8 Å². The molecule has 1 amide bonds. The van der Waals surface area contributed by atoms with Crippen LogP contribution in [0.25, 0.3) is 0 Å². The molecule has 0 radical (unpaired) electrons. The zero-order valence-corrected chi connectivity index (χ0v) is 11.6. The molecule has 5 nitrogen and oxygen atoms in total. The predicted octanol–water partition coefficient (Wildman–Crippen LogP) is 1.61. The quantitative estimate of drug-likeness (QED) is 0.860. The first-order valence-corrected chi connectivity index (χ1v) is 7.23. The SMILES string of the molecule is NCc1ccc(N2CCC3(CCCNC3)OC2=O)cc1. The van der Waals surface area contributed by atoms with Crippen LogP contribution in [-0.2, 0) is 11.3 Å². The van der Waals surface area contributed by atoms with Gasteiger partial charge in [-0.3, -0.25) is 4.90 Å². The largest absolute Gasteiger partial charge is 0.441 e. The van der Waals surface area contributed by atoms with Gasteiger partial charge in [-0.25, -0.2) is 4.79 Å². The number of nitrogens with two attached hydrogens (primary N) is 1. The Morgan fingerprint density at radius 3 is 2.70 bits per heavy atom. The van der Waals surface area contributed by atoms with E-state index in [1.807, 2.05) is 24.3 Å². The molecule has 0 aliphatic carbocycles. The second kappa shape index (κ2) is 5.42. The normalized spacial score (nSPS) is 26.6. The van der Waals surface area contributed by atoms with E-state index in [1.54, 1.807) is 4.90 Å². The number of ether oxygens (including phenoxy) is 1. The average Bonchev–Trinajstić information content (AvgIpc) is 2.48. The highest BCUT2D eigenvalue weighted by Gasteiger charge is 2.41. The molecule has 2 heterocycles. The van der Waals surface area contributed by atoms with Crippen molar-refractivity contribution in [1.82, 2.24) is 5.32 Å². The molecule has 1 atom stereocenters. The molecule has 2 fully saturated rings. The summed E-state index contributed by atoms with van der Waals surface area (Å²) in [7, 11) is 0. The summed E-state index contributed by atoms with van der Waals surface area (Å²) < 4.78 is 5.74. The van der Waals surface area contributed by atoms with E-state index in [1.165, 1.54) is 0 Å². The number of nitrogens with zero attached hydrogens (tertiary/aromatic N) is 1. The first-order valence-electron chi connectivity index (χ1n) is 7.23. The number of benzene rings is 1. The minimum absolute atomic E-state index is 0.236. The van der Waals surface area contributed by atoms with Crippen LogP contribution in [0.5, 0.6) is 0 Å². The van der Waals surface area contributed by atoms with Crippen LogP contribution in [0.2, 0.25) is 0 Å².